The van der Waals surface area contributed by atoms with E-state index in [1.165, 1.54) is 5.23 Å². The average Bonchev–Trinajstić information content (AvgIpc) is 2.17. The van der Waals surface area contributed by atoms with Crippen LogP contribution >= 0.6 is 0 Å². The minimum atomic E-state index is 0.0346. The Balaban J connectivity index is 3.88. The largest absolute Gasteiger partial charge is 0.395 e. The third kappa shape index (κ3) is 6.32. The lowest BCUT2D eigenvalue weighted by Crippen LogP contribution is -2.34. The van der Waals surface area contributed by atoms with Crippen LogP contribution in [0.5, 0.6) is 0 Å². The number of aliphatic hydroxyl groups is 1. The molecule has 4 nitrogen and oxygen atoms in total. The topological polar surface area (TPSA) is 41.9 Å². The molecular weight excluding hydrogens is 182 g/mol. The molecule has 0 heterocycles. The second kappa shape index (κ2) is 8.17. The van der Waals surface area contributed by atoms with E-state index < -0.39 is 0 Å². The molecule has 2 atom stereocenters. The summed E-state index contributed by atoms with van der Waals surface area (Å²) in [5, 5.41) is 10.2. The number of hydrogen-bond acceptors (Lipinski definition) is 4. The van der Waals surface area contributed by atoms with Gasteiger partial charge in [0.2, 0.25) is 0 Å². The van der Waals surface area contributed by atoms with Crippen LogP contribution in [0.1, 0.15) is 40.5 Å². The molecule has 0 aliphatic carbocycles. The van der Waals surface area contributed by atoms with Gasteiger partial charge < -0.3 is 5.11 Å². The fourth-order valence-electron chi connectivity index (χ4n) is 0.762. The van der Waals surface area contributed by atoms with Crippen LogP contribution in [0.2, 0.25) is 0 Å². The van der Waals surface area contributed by atoms with Gasteiger partial charge in [-0.2, -0.15) is 0 Å². The minimum absolute atomic E-state index is 0.0346. The smallest absolute Gasteiger partial charge is 0.0789 e. The molecule has 86 valence electrons. The van der Waals surface area contributed by atoms with Crippen LogP contribution < -0.4 is 0 Å². The molecule has 0 aromatic carbocycles. The quantitative estimate of drug-likeness (QED) is 0.613. The molecule has 0 saturated heterocycles. The number of rotatable bonds is 8. The fourth-order valence-corrected chi connectivity index (χ4v) is 0.762. The summed E-state index contributed by atoms with van der Waals surface area (Å²) in [6.45, 7) is 8.46. The summed E-state index contributed by atoms with van der Waals surface area (Å²) < 4.78 is 0. The van der Waals surface area contributed by atoms with E-state index in [1.54, 1.807) is 0 Å². The van der Waals surface area contributed by atoms with E-state index in [1.807, 2.05) is 27.7 Å². The van der Waals surface area contributed by atoms with Gasteiger partial charge in [-0.15, -0.1) is 0 Å². The third-order valence-corrected chi connectivity index (χ3v) is 2.03. The van der Waals surface area contributed by atoms with Crippen LogP contribution in [0.15, 0.2) is 0 Å². The summed E-state index contributed by atoms with van der Waals surface area (Å²) in [6.07, 6.45) is 2.08. The maximum atomic E-state index is 8.81. The van der Waals surface area contributed by atoms with Crippen molar-refractivity contribution in [1.82, 2.24) is 5.23 Å². The monoisotopic (exact) mass is 205 g/mol. The molecule has 0 aliphatic rings. The number of hydrogen-bond donors (Lipinski definition) is 1. The molecule has 0 spiro atoms. The molecule has 14 heavy (non-hydrogen) atoms. The predicted molar refractivity (Wildman–Crippen MR) is 55.5 cm³/mol. The molecule has 1 N–H and O–H groups in total. The summed E-state index contributed by atoms with van der Waals surface area (Å²) >= 11 is 0. The van der Waals surface area contributed by atoms with Crippen LogP contribution in [-0.4, -0.2) is 35.7 Å². The van der Waals surface area contributed by atoms with Crippen LogP contribution in [0, 0.1) is 0 Å². The van der Waals surface area contributed by atoms with Gasteiger partial charge >= 0.3 is 0 Å². The van der Waals surface area contributed by atoms with Gasteiger partial charge in [-0.25, -0.2) is 0 Å². The minimum Gasteiger partial charge on any atom is -0.395 e. The summed E-state index contributed by atoms with van der Waals surface area (Å²) in [4.78, 5) is 10.9. The van der Waals surface area contributed by atoms with Crippen molar-refractivity contribution in [3.05, 3.63) is 0 Å². The Kier molecular flexibility index (Phi) is 8.08. The summed E-state index contributed by atoms with van der Waals surface area (Å²) in [5.74, 6) is 0. The van der Waals surface area contributed by atoms with E-state index in [0.29, 0.717) is 6.54 Å². The van der Waals surface area contributed by atoms with E-state index in [9.17, 15) is 0 Å². The first-order chi connectivity index (χ1) is 6.63. The van der Waals surface area contributed by atoms with E-state index in [4.69, 9.17) is 14.8 Å². The third-order valence-electron chi connectivity index (χ3n) is 2.03. The Bertz CT molecular complexity index is 121. The zero-order valence-corrected chi connectivity index (χ0v) is 9.69. The van der Waals surface area contributed by atoms with Gasteiger partial charge in [-0.1, -0.05) is 19.1 Å². The molecule has 0 fully saturated rings. The van der Waals surface area contributed by atoms with Crippen molar-refractivity contribution in [2.24, 2.45) is 0 Å². The number of nitrogens with zero attached hydrogens (tertiary/aromatic N) is 1. The van der Waals surface area contributed by atoms with Crippen LogP contribution in [-0.2, 0) is 9.68 Å². The van der Waals surface area contributed by atoms with E-state index >= 15 is 0 Å². The van der Waals surface area contributed by atoms with E-state index in [-0.39, 0.29) is 18.8 Å². The summed E-state index contributed by atoms with van der Waals surface area (Å²) in [7, 11) is 0. The van der Waals surface area contributed by atoms with Gasteiger partial charge in [-0.3, -0.25) is 9.68 Å². The molecule has 0 rings (SSSR count). The average molecular weight is 205 g/mol. The maximum absolute atomic E-state index is 8.81. The molecule has 2 unspecified atom stereocenters. The van der Waals surface area contributed by atoms with Gasteiger partial charge in [0.25, 0.3) is 0 Å². The number of hydroxylamine groups is 2. The van der Waals surface area contributed by atoms with Gasteiger partial charge in [0.05, 0.1) is 25.4 Å². The van der Waals surface area contributed by atoms with Gasteiger partial charge in [-0.05, 0) is 26.7 Å². The van der Waals surface area contributed by atoms with Crippen molar-refractivity contribution in [3.63, 3.8) is 0 Å². The molecule has 0 aliphatic heterocycles. The van der Waals surface area contributed by atoms with Crippen molar-refractivity contribution in [2.45, 2.75) is 52.7 Å². The van der Waals surface area contributed by atoms with Crippen LogP contribution in [0.4, 0.5) is 0 Å². The van der Waals surface area contributed by atoms with Crippen molar-refractivity contribution in [1.29, 1.82) is 0 Å². The zero-order chi connectivity index (χ0) is 11.0. The lowest BCUT2D eigenvalue weighted by molar-refractivity contribution is -0.399. The molecule has 0 amide bonds. The Labute approximate surface area is 86.7 Å². The molecule has 0 aromatic heterocycles. The normalized spacial score (nSPS) is 15.9. The molecule has 4 heteroatoms. The van der Waals surface area contributed by atoms with Crippen molar-refractivity contribution in [3.8, 4) is 0 Å². The van der Waals surface area contributed by atoms with Crippen molar-refractivity contribution in [2.75, 3.05) is 13.2 Å². The highest BCUT2D eigenvalue weighted by Crippen LogP contribution is 2.06. The predicted octanol–water partition coefficient (Wildman–Crippen LogP) is 1.74. The highest BCUT2D eigenvalue weighted by Gasteiger charge is 2.12. The second-order valence-corrected chi connectivity index (χ2v) is 3.43. The van der Waals surface area contributed by atoms with E-state index in [0.717, 1.165) is 12.8 Å². The number of aliphatic hydroxyl groups excluding tert-OH is 1. The SMILES string of the molecule is CCC(C)ON(CCO)OC(C)CC. The standard InChI is InChI=1S/C10H23NO3/c1-5-9(3)13-11(7-8-12)14-10(4)6-2/h9-10,12H,5-8H2,1-4H3. The Morgan fingerprint density at radius 1 is 1.07 bits per heavy atom. The highest BCUT2D eigenvalue weighted by atomic mass is 17.0. The van der Waals surface area contributed by atoms with Gasteiger partial charge in [0, 0.05) is 0 Å². The fraction of sp³-hybridized carbons (Fsp3) is 1.00. The zero-order valence-electron chi connectivity index (χ0n) is 9.69. The highest BCUT2D eigenvalue weighted by molar-refractivity contribution is 4.45. The van der Waals surface area contributed by atoms with Crippen LogP contribution in [0.25, 0.3) is 0 Å². The first kappa shape index (κ1) is 13.8. The van der Waals surface area contributed by atoms with Crippen molar-refractivity contribution < 1.29 is 14.8 Å². The lowest BCUT2D eigenvalue weighted by atomic mass is 10.3. The summed E-state index contributed by atoms with van der Waals surface area (Å²) in [6, 6.07) is 0. The van der Waals surface area contributed by atoms with E-state index in [2.05, 4.69) is 0 Å². The molecule has 0 aromatic rings. The second-order valence-electron chi connectivity index (χ2n) is 3.43. The Morgan fingerprint density at radius 3 is 1.79 bits per heavy atom. The first-order valence-corrected chi connectivity index (χ1v) is 5.35. The molecule has 0 radical (unpaired) electrons. The molecule has 0 saturated carbocycles. The Morgan fingerprint density at radius 2 is 1.50 bits per heavy atom. The molecule has 0 bridgehead atoms. The summed E-state index contributed by atoms with van der Waals surface area (Å²) in [5.41, 5.74) is 0. The van der Waals surface area contributed by atoms with Gasteiger partial charge in [0.15, 0.2) is 0 Å². The maximum Gasteiger partial charge on any atom is 0.0789 e. The Hall–Kier alpha value is -0.160. The lowest BCUT2D eigenvalue weighted by Gasteiger charge is -2.26. The first-order valence-electron chi connectivity index (χ1n) is 5.35. The van der Waals surface area contributed by atoms with Gasteiger partial charge in [0.1, 0.15) is 0 Å². The van der Waals surface area contributed by atoms with Crippen molar-refractivity contribution >= 4 is 0 Å². The van der Waals surface area contributed by atoms with Crippen LogP contribution in [0.3, 0.4) is 0 Å². The molecular formula is C10H23NO3.